The van der Waals surface area contributed by atoms with Gasteiger partial charge < -0.3 is 15.5 Å². The van der Waals surface area contributed by atoms with E-state index in [0.717, 1.165) is 35.4 Å². The molecule has 0 radical (unpaired) electrons. The largest absolute Gasteiger partial charge is 0.341 e. The van der Waals surface area contributed by atoms with E-state index in [2.05, 4.69) is 15.6 Å². The van der Waals surface area contributed by atoms with Crippen LogP contribution in [-0.4, -0.2) is 64.0 Å². The fraction of sp³-hybridized carbons (Fsp3) is 0.417. The van der Waals surface area contributed by atoms with Gasteiger partial charge in [-0.2, -0.15) is 5.10 Å². The Balaban J connectivity index is 1.46. The third-order valence-electron chi connectivity index (χ3n) is 6.04. The van der Waals surface area contributed by atoms with Crippen LogP contribution in [0.3, 0.4) is 0 Å². The Hall–Kier alpha value is -3.49. The molecular weight excluding hydrogens is 423 g/mol. The minimum absolute atomic E-state index is 0.00369. The predicted molar refractivity (Wildman–Crippen MR) is 123 cm³/mol. The number of carbonyl (C=O) groups is 2. The maximum Gasteiger partial charge on any atom is 0.314 e. The molecule has 1 saturated heterocycles. The van der Waals surface area contributed by atoms with Crippen molar-refractivity contribution in [2.45, 2.75) is 44.4 Å². The number of carbonyl (C=O) groups excluding carboxylic acids is 2. The van der Waals surface area contributed by atoms with Gasteiger partial charge in [-0.05, 0) is 36.6 Å². The second-order valence-electron chi connectivity index (χ2n) is 8.36. The molecule has 1 unspecified atom stereocenters. The number of urea groups is 1. The molecule has 1 aliphatic carbocycles. The zero-order valence-corrected chi connectivity index (χ0v) is 18.7. The molecule has 1 aliphatic heterocycles. The molecule has 1 fully saturated rings. The topological polar surface area (TPSA) is 92.2 Å². The molecule has 0 aromatic carbocycles. The summed E-state index contributed by atoms with van der Waals surface area (Å²) in [5, 5.41) is 10.2. The number of likely N-dealkylation sites (tertiary alicyclic amines) is 1. The van der Waals surface area contributed by atoms with Crippen LogP contribution in [0.1, 0.15) is 25.0 Å². The second-order valence-corrected chi connectivity index (χ2v) is 8.36. The van der Waals surface area contributed by atoms with Gasteiger partial charge in [0.2, 0.25) is 5.91 Å². The quantitative estimate of drug-likeness (QED) is 0.705. The Bertz CT molecular complexity index is 1040. The Morgan fingerprint density at radius 2 is 1.97 bits per heavy atom. The van der Waals surface area contributed by atoms with E-state index in [9.17, 15) is 14.0 Å². The first-order valence-corrected chi connectivity index (χ1v) is 11.3. The predicted octanol–water partition coefficient (Wildman–Crippen LogP) is 2.63. The Labute approximate surface area is 192 Å². The molecule has 33 heavy (non-hydrogen) atoms. The molecular formula is C24H29FN6O2. The molecule has 4 rings (SSSR count). The van der Waals surface area contributed by atoms with Crippen LogP contribution in [-0.2, 0) is 17.8 Å². The number of amides is 3. The zero-order chi connectivity index (χ0) is 23.2. The van der Waals surface area contributed by atoms with Crippen molar-refractivity contribution in [3.8, 4) is 11.3 Å². The second kappa shape index (κ2) is 10.4. The summed E-state index contributed by atoms with van der Waals surface area (Å²) in [6.45, 7) is 1.32. The minimum Gasteiger partial charge on any atom is -0.341 e. The van der Waals surface area contributed by atoms with Gasteiger partial charge in [0.15, 0.2) is 0 Å². The number of hydrogen-bond acceptors (Lipinski definition) is 4. The van der Waals surface area contributed by atoms with Crippen LogP contribution in [0.15, 0.2) is 54.4 Å². The molecule has 8 nitrogen and oxygen atoms in total. The first-order valence-electron chi connectivity index (χ1n) is 11.3. The van der Waals surface area contributed by atoms with Gasteiger partial charge >= 0.3 is 6.03 Å². The number of allylic oxidation sites excluding steroid dienone is 4. The zero-order valence-electron chi connectivity index (χ0n) is 18.7. The van der Waals surface area contributed by atoms with Crippen molar-refractivity contribution >= 4 is 11.9 Å². The lowest BCUT2D eigenvalue weighted by atomic mass is 10.0. The summed E-state index contributed by atoms with van der Waals surface area (Å²) in [5.74, 6) is -0.00369. The maximum atomic E-state index is 13.5. The highest BCUT2D eigenvalue weighted by molar-refractivity contribution is 5.76. The molecule has 1 atom stereocenters. The average Bonchev–Trinajstić information content (AvgIpc) is 3.23. The Morgan fingerprint density at radius 1 is 1.21 bits per heavy atom. The molecule has 0 saturated carbocycles. The fourth-order valence-corrected chi connectivity index (χ4v) is 4.14. The van der Waals surface area contributed by atoms with Crippen molar-refractivity contribution < 1.29 is 14.0 Å². The van der Waals surface area contributed by atoms with E-state index in [4.69, 9.17) is 5.10 Å². The van der Waals surface area contributed by atoms with Crippen LogP contribution < -0.4 is 10.6 Å². The summed E-state index contributed by atoms with van der Waals surface area (Å²) < 4.78 is 15.2. The summed E-state index contributed by atoms with van der Waals surface area (Å²) in [5.41, 5.74) is 3.62. The molecule has 9 heteroatoms. The van der Waals surface area contributed by atoms with E-state index in [1.807, 2.05) is 35.3 Å². The van der Waals surface area contributed by atoms with E-state index in [1.54, 1.807) is 30.2 Å². The highest BCUT2D eigenvalue weighted by Crippen LogP contribution is 2.23. The molecule has 2 aromatic rings. The van der Waals surface area contributed by atoms with E-state index in [-0.39, 0.29) is 24.5 Å². The van der Waals surface area contributed by atoms with E-state index in [1.165, 1.54) is 0 Å². The van der Waals surface area contributed by atoms with Crippen LogP contribution in [0.5, 0.6) is 0 Å². The number of nitrogens with zero attached hydrogens (tertiary/aromatic N) is 4. The lowest BCUT2D eigenvalue weighted by molar-refractivity contribution is -0.133. The number of nitrogens with one attached hydrogen (secondary N) is 2. The fourth-order valence-electron chi connectivity index (χ4n) is 4.14. The standard InChI is InChI=1S/C24H29FN6O2/c1-26-24(33)28-20-8-12-30(13-9-20)23(32)16-31-21(14-17-2-4-19(25)5-3-17)15-22(29-31)18-6-10-27-11-7-18/h2-4,6-7,10-11,15,19-20H,5,8-9,12-14,16H2,1H3,(H2,26,28,33). The lowest BCUT2D eigenvalue weighted by Crippen LogP contribution is -2.49. The first-order chi connectivity index (χ1) is 16.0. The summed E-state index contributed by atoms with van der Waals surface area (Å²) in [4.78, 5) is 30.5. The van der Waals surface area contributed by atoms with Crippen LogP contribution in [0, 0.1) is 0 Å². The van der Waals surface area contributed by atoms with Crippen LogP contribution >= 0.6 is 0 Å². The molecule has 0 spiro atoms. The van der Waals surface area contributed by atoms with Gasteiger partial charge in [-0.25, -0.2) is 9.18 Å². The summed E-state index contributed by atoms with van der Waals surface area (Å²) in [6, 6.07) is 5.62. The van der Waals surface area contributed by atoms with E-state index in [0.29, 0.717) is 25.9 Å². The molecule has 174 valence electrons. The van der Waals surface area contributed by atoms with Crippen molar-refractivity contribution in [2.24, 2.45) is 0 Å². The van der Waals surface area contributed by atoms with Crippen molar-refractivity contribution in [1.82, 2.24) is 30.3 Å². The molecule has 2 N–H and O–H groups in total. The Morgan fingerprint density at radius 3 is 2.64 bits per heavy atom. The van der Waals surface area contributed by atoms with Gasteiger partial charge in [0.05, 0.1) is 5.69 Å². The van der Waals surface area contributed by atoms with E-state index < -0.39 is 6.17 Å². The molecule has 2 aromatic heterocycles. The van der Waals surface area contributed by atoms with Gasteiger partial charge in [-0.1, -0.05) is 18.2 Å². The minimum atomic E-state index is -0.937. The van der Waals surface area contributed by atoms with Crippen molar-refractivity contribution in [3.05, 3.63) is 60.1 Å². The van der Waals surface area contributed by atoms with E-state index >= 15 is 0 Å². The average molecular weight is 453 g/mol. The molecule has 0 bridgehead atoms. The Kier molecular flexibility index (Phi) is 7.16. The first kappa shape index (κ1) is 22.7. The number of rotatable bonds is 6. The summed E-state index contributed by atoms with van der Waals surface area (Å²) in [6.07, 6.45) is 10.2. The van der Waals surface area contributed by atoms with Gasteiger partial charge in [0, 0.05) is 62.7 Å². The normalized spacial score (nSPS) is 18.7. The molecule has 3 amide bonds. The van der Waals surface area contributed by atoms with Gasteiger partial charge in [0.1, 0.15) is 12.7 Å². The number of alkyl halides is 1. The number of aromatic nitrogens is 3. The smallest absolute Gasteiger partial charge is 0.314 e. The summed E-state index contributed by atoms with van der Waals surface area (Å²) in [7, 11) is 1.59. The number of pyridine rings is 1. The lowest BCUT2D eigenvalue weighted by Gasteiger charge is -2.32. The summed E-state index contributed by atoms with van der Waals surface area (Å²) >= 11 is 0. The third-order valence-corrected chi connectivity index (χ3v) is 6.04. The third kappa shape index (κ3) is 5.85. The highest BCUT2D eigenvalue weighted by Gasteiger charge is 2.25. The monoisotopic (exact) mass is 452 g/mol. The van der Waals surface area contributed by atoms with Crippen LogP contribution in [0.2, 0.25) is 0 Å². The SMILES string of the molecule is CNC(=O)NC1CCN(C(=O)Cn2nc(-c3ccncc3)cc2CC2=CCC(F)C=C2)CC1. The number of hydrogen-bond donors (Lipinski definition) is 2. The van der Waals surface area contributed by atoms with Crippen LogP contribution in [0.4, 0.5) is 9.18 Å². The van der Waals surface area contributed by atoms with Crippen LogP contribution in [0.25, 0.3) is 11.3 Å². The number of halogens is 1. The van der Waals surface area contributed by atoms with Crippen molar-refractivity contribution in [1.29, 1.82) is 0 Å². The van der Waals surface area contributed by atoms with Gasteiger partial charge in [-0.3, -0.25) is 14.5 Å². The van der Waals surface area contributed by atoms with Gasteiger partial charge in [0.25, 0.3) is 0 Å². The van der Waals surface area contributed by atoms with Gasteiger partial charge in [-0.15, -0.1) is 0 Å². The van der Waals surface area contributed by atoms with Crippen molar-refractivity contribution in [2.75, 3.05) is 20.1 Å². The highest BCUT2D eigenvalue weighted by atomic mass is 19.1. The van der Waals surface area contributed by atoms with Crippen molar-refractivity contribution in [3.63, 3.8) is 0 Å². The number of piperidine rings is 1. The molecule has 2 aliphatic rings. The maximum absolute atomic E-state index is 13.5. The molecule has 3 heterocycles.